The Labute approximate surface area is 129 Å². The maximum absolute atomic E-state index is 11.8. The zero-order valence-electron chi connectivity index (χ0n) is 12.3. The second-order valence-electron chi connectivity index (χ2n) is 5.52. The molecule has 0 bridgehead atoms. The molecule has 0 aliphatic heterocycles. The van der Waals surface area contributed by atoms with Crippen molar-refractivity contribution in [3.8, 4) is 5.75 Å². The van der Waals surface area contributed by atoms with Crippen LogP contribution in [0.3, 0.4) is 0 Å². The fourth-order valence-electron chi connectivity index (χ4n) is 1.99. The molecule has 20 heavy (non-hydrogen) atoms. The summed E-state index contributed by atoms with van der Waals surface area (Å²) in [4.78, 5) is 11.8. The third-order valence-electron chi connectivity index (χ3n) is 3.20. The van der Waals surface area contributed by atoms with Crippen molar-refractivity contribution in [3.63, 3.8) is 0 Å². The van der Waals surface area contributed by atoms with Gasteiger partial charge in [-0.2, -0.15) is 0 Å². The molecule has 0 spiro atoms. The van der Waals surface area contributed by atoms with E-state index in [-0.39, 0.29) is 11.7 Å². The molecule has 0 saturated heterocycles. The van der Waals surface area contributed by atoms with Crippen molar-refractivity contribution >= 4 is 21.8 Å². The van der Waals surface area contributed by atoms with Crippen LogP contribution >= 0.6 is 15.9 Å². The maximum atomic E-state index is 11.8. The minimum absolute atomic E-state index is 0.0892. The quantitative estimate of drug-likeness (QED) is 0.684. The zero-order valence-corrected chi connectivity index (χ0v) is 13.9. The number of hydrogen-bond acceptors (Lipinski definition) is 2. The van der Waals surface area contributed by atoms with E-state index in [1.54, 1.807) is 12.1 Å². The standard InChI is InChI=1S/C16H24BrNO2/c1-12(2)7-5-3-4-6-10-18-16(20)13-8-9-14(17)15(19)11-13/h8-9,11-12,19H,3-7,10H2,1-2H3,(H,18,20). The molecule has 0 heterocycles. The van der Waals surface area contributed by atoms with Crippen molar-refractivity contribution in [3.05, 3.63) is 28.2 Å². The van der Waals surface area contributed by atoms with Crippen LogP contribution in [0.1, 0.15) is 56.3 Å². The van der Waals surface area contributed by atoms with Crippen LogP contribution in [-0.2, 0) is 0 Å². The highest BCUT2D eigenvalue weighted by molar-refractivity contribution is 9.10. The number of carbonyl (C=O) groups excluding carboxylic acids is 1. The molecule has 1 rings (SSSR count). The molecule has 1 aromatic carbocycles. The SMILES string of the molecule is CC(C)CCCCCCNC(=O)c1ccc(Br)c(O)c1. The van der Waals surface area contributed by atoms with E-state index in [0.717, 1.165) is 18.8 Å². The Morgan fingerprint density at radius 1 is 1.25 bits per heavy atom. The molecule has 0 atom stereocenters. The van der Waals surface area contributed by atoms with E-state index < -0.39 is 0 Å². The van der Waals surface area contributed by atoms with Gasteiger partial charge in [0.25, 0.3) is 5.91 Å². The molecule has 1 amide bonds. The van der Waals surface area contributed by atoms with E-state index in [2.05, 4.69) is 35.1 Å². The minimum Gasteiger partial charge on any atom is -0.507 e. The van der Waals surface area contributed by atoms with E-state index in [0.29, 0.717) is 16.6 Å². The Morgan fingerprint density at radius 2 is 1.95 bits per heavy atom. The molecule has 0 aliphatic rings. The van der Waals surface area contributed by atoms with Gasteiger partial charge in [-0.15, -0.1) is 0 Å². The number of nitrogens with one attached hydrogen (secondary N) is 1. The van der Waals surface area contributed by atoms with Gasteiger partial charge < -0.3 is 10.4 Å². The van der Waals surface area contributed by atoms with Gasteiger partial charge in [-0.1, -0.05) is 39.5 Å². The van der Waals surface area contributed by atoms with Crippen LogP contribution < -0.4 is 5.32 Å². The van der Waals surface area contributed by atoms with Crippen molar-refractivity contribution in [1.29, 1.82) is 0 Å². The third-order valence-corrected chi connectivity index (χ3v) is 3.87. The van der Waals surface area contributed by atoms with Crippen LogP contribution in [0.5, 0.6) is 5.75 Å². The van der Waals surface area contributed by atoms with Crippen LogP contribution in [-0.4, -0.2) is 17.6 Å². The summed E-state index contributed by atoms with van der Waals surface area (Å²) < 4.78 is 0.596. The first-order valence-corrected chi connectivity index (χ1v) is 8.06. The van der Waals surface area contributed by atoms with Crippen molar-refractivity contribution in [2.75, 3.05) is 6.54 Å². The summed E-state index contributed by atoms with van der Waals surface area (Å²) in [6.07, 6.45) is 5.94. The Kier molecular flexibility index (Phi) is 7.67. The van der Waals surface area contributed by atoms with Crippen LogP contribution in [0, 0.1) is 5.92 Å². The van der Waals surface area contributed by atoms with Gasteiger partial charge in [-0.05, 0) is 46.5 Å². The molecule has 0 aliphatic carbocycles. The lowest BCUT2D eigenvalue weighted by Gasteiger charge is -2.07. The van der Waals surface area contributed by atoms with Crippen molar-refractivity contribution in [2.45, 2.75) is 46.0 Å². The van der Waals surface area contributed by atoms with E-state index >= 15 is 0 Å². The Hall–Kier alpha value is -1.03. The topological polar surface area (TPSA) is 49.3 Å². The van der Waals surface area contributed by atoms with Crippen molar-refractivity contribution in [2.24, 2.45) is 5.92 Å². The van der Waals surface area contributed by atoms with Crippen molar-refractivity contribution < 1.29 is 9.90 Å². The number of unbranched alkanes of at least 4 members (excludes halogenated alkanes) is 3. The Balaban J connectivity index is 2.18. The van der Waals surface area contributed by atoms with E-state index in [4.69, 9.17) is 0 Å². The van der Waals surface area contributed by atoms with Gasteiger partial charge in [-0.3, -0.25) is 4.79 Å². The lowest BCUT2D eigenvalue weighted by Crippen LogP contribution is -2.24. The summed E-state index contributed by atoms with van der Waals surface area (Å²) in [6, 6.07) is 4.85. The van der Waals surface area contributed by atoms with Crippen LogP contribution in [0.2, 0.25) is 0 Å². The maximum Gasteiger partial charge on any atom is 0.251 e. The highest BCUT2D eigenvalue weighted by atomic mass is 79.9. The molecule has 2 N–H and O–H groups in total. The molecule has 0 saturated carbocycles. The molecule has 0 aromatic heterocycles. The molecule has 0 unspecified atom stereocenters. The molecule has 0 fully saturated rings. The number of aromatic hydroxyl groups is 1. The van der Waals surface area contributed by atoms with Crippen molar-refractivity contribution in [1.82, 2.24) is 5.32 Å². The number of benzene rings is 1. The highest BCUT2D eigenvalue weighted by Gasteiger charge is 2.07. The second kappa shape index (κ2) is 9.01. The lowest BCUT2D eigenvalue weighted by atomic mass is 10.0. The summed E-state index contributed by atoms with van der Waals surface area (Å²) >= 11 is 3.19. The number of hydrogen-bond donors (Lipinski definition) is 2. The largest absolute Gasteiger partial charge is 0.507 e. The minimum atomic E-state index is -0.130. The molecule has 112 valence electrons. The summed E-state index contributed by atoms with van der Waals surface area (Å²) in [6.45, 7) is 5.18. The predicted octanol–water partition coefficient (Wildman–Crippen LogP) is 4.49. The summed E-state index contributed by atoms with van der Waals surface area (Å²) in [5, 5.41) is 12.4. The van der Waals surface area contributed by atoms with Crippen LogP contribution in [0.15, 0.2) is 22.7 Å². The van der Waals surface area contributed by atoms with Gasteiger partial charge >= 0.3 is 0 Å². The fourth-order valence-corrected chi connectivity index (χ4v) is 2.24. The van der Waals surface area contributed by atoms with E-state index in [1.165, 1.54) is 25.3 Å². The van der Waals surface area contributed by atoms with E-state index in [9.17, 15) is 9.90 Å². The molecule has 0 radical (unpaired) electrons. The normalized spacial score (nSPS) is 10.8. The van der Waals surface area contributed by atoms with Gasteiger partial charge in [0.05, 0.1) is 4.47 Å². The summed E-state index contributed by atoms with van der Waals surface area (Å²) in [7, 11) is 0. The smallest absolute Gasteiger partial charge is 0.251 e. The zero-order chi connectivity index (χ0) is 15.0. The highest BCUT2D eigenvalue weighted by Crippen LogP contribution is 2.24. The molecule has 3 nitrogen and oxygen atoms in total. The molecular formula is C16H24BrNO2. The summed E-state index contributed by atoms with van der Waals surface area (Å²) in [5.41, 5.74) is 0.491. The lowest BCUT2D eigenvalue weighted by molar-refractivity contribution is 0.0952. The van der Waals surface area contributed by atoms with Gasteiger partial charge in [0.2, 0.25) is 0 Å². The monoisotopic (exact) mass is 341 g/mol. The first kappa shape index (κ1) is 17.0. The van der Waals surface area contributed by atoms with Crippen LogP contribution in [0.25, 0.3) is 0 Å². The number of rotatable bonds is 8. The van der Waals surface area contributed by atoms with Gasteiger partial charge in [0, 0.05) is 12.1 Å². The average molecular weight is 342 g/mol. The number of phenolic OH excluding ortho intramolecular Hbond substituents is 1. The Morgan fingerprint density at radius 3 is 2.60 bits per heavy atom. The van der Waals surface area contributed by atoms with Gasteiger partial charge in [0.1, 0.15) is 5.75 Å². The van der Waals surface area contributed by atoms with E-state index in [1.807, 2.05) is 0 Å². The Bertz CT molecular complexity index is 432. The van der Waals surface area contributed by atoms with Gasteiger partial charge in [-0.25, -0.2) is 0 Å². The number of carbonyl (C=O) groups is 1. The van der Waals surface area contributed by atoms with Crippen LogP contribution in [0.4, 0.5) is 0 Å². The summed E-state index contributed by atoms with van der Waals surface area (Å²) in [5.74, 6) is 0.737. The fraction of sp³-hybridized carbons (Fsp3) is 0.562. The van der Waals surface area contributed by atoms with Gasteiger partial charge in [0.15, 0.2) is 0 Å². The first-order chi connectivity index (χ1) is 9.50. The molecule has 4 heteroatoms. The predicted molar refractivity (Wildman–Crippen MR) is 86.1 cm³/mol. The average Bonchev–Trinajstić information content (AvgIpc) is 2.40. The molecule has 1 aromatic rings. The number of phenols is 1. The molecular weight excluding hydrogens is 318 g/mol. The number of halogens is 1. The second-order valence-corrected chi connectivity index (χ2v) is 6.37. The third kappa shape index (κ3) is 6.42. The number of amides is 1. The first-order valence-electron chi connectivity index (χ1n) is 7.27.